The summed E-state index contributed by atoms with van der Waals surface area (Å²) in [6, 6.07) is 16.5. The summed E-state index contributed by atoms with van der Waals surface area (Å²) >= 11 is 0. The van der Waals surface area contributed by atoms with Crippen molar-refractivity contribution in [2.24, 2.45) is 0 Å². The third kappa shape index (κ3) is 5.68. The van der Waals surface area contributed by atoms with Crippen LogP contribution in [0.1, 0.15) is 29.9 Å². The molecule has 7 heteroatoms. The van der Waals surface area contributed by atoms with Gasteiger partial charge in [0.2, 0.25) is 5.95 Å². The number of nitrogens with one attached hydrogen (secondary N) is 2. The van der Waals surface area contributed by atoms with Crippen LogP contribution in [0.25, 0.3) is 0 Å². The summed E-state index contributed by atoms with van der Waals surface area (Å²) < 4.78 is 10.5. The lowest BCUT2D eigenvalue weighted by molar-refractivity contribution is 0.0526. The molecule has 0 saturated carbocycles. The lowest BCUT2D eigenvalue weighted by atomic mass is 10.2. The fraction of sp³-hybridized carbons (Fsp3) is 0.227. The van der Waals surface area contributed by atoms with Gasteiger partial charge in [-0.1, -0.05) is 0 Å². The van der Waals surface area contributed by atoms with Crippen molar-refractivity contribution in [2.45, 2.75) is 20.8 Å². The lowest BCUT2D eigenvalue weighted by Gasteiger charge is -2.11. The van der Waals surface area contributed by atoms with E-state index in [1.165, 1.54) is 0 Å². The molecule has 0 bridgehead atoms. The molecule has 7 nitrogen and oxygen atoms in total. The number of benzene rings is 2. The molecule has 0 spiro atoms. The molecule has 2 N–H and O–H groups in total. The average Bonchev–Trinajstić information content (AvgIpc) is 2.70. The van der Waals surface area contributed by atoms with Crippen LogP contribution < -0.4 is 15.4 Å². The predicted octanol–water partition coefficient (Wildman–Crippen LogP) is 4.85. The normalized spacial score (nSPS) is 10.3. The molecule has 0 amide bonds. The number of carbonyl (C=O) groups excluding carboxylic acids is 1. The molecule has 1 aromatic heterocycles. The van der Waals surface area contributed by atoms with Gasteiger partial charge in [0.15, 0.2) is 0 Å². The van der Waals surface area contributed by atoms with Crippen molar-refractivity contribution in [3.63, 3.8) is 0 Å². The second-order valence-electron chi connectivity index (χ2n) is 6.22. The van der Waals surface area contributed by atoms with Gasteiger partial charge in [0, 0.05) is 23.1 Å². The summed E-state index contributed by atoms with van der Waals surface area (Å²) in [6.07, 6.45) is 0. The number of esters is 1. The molecule has 0 atom stereocenters. The van der Waals surface area contributed by atoms with Gasteiger partial charge in [0.1, 0.15) is 11.6 Å². The van der Waals surface area contributed by atoms with Gasteiger partial charge in [-0.25, -0.2) is 9.78 Å². The lowest BCUT2D eigenvalue weighted by Crippen LogP contribution is -2.05. The highest BCUT2D eigenvalue weighted by Crippen LogP contribution is 2.21. The number of hydrogen-bond donors (Lipinski definition) is 2. The van der Waals surface area contributed by atoms with Gasteiger partial charge in [-0.15, -0.1) is 0 Å². The first kappa shape index (κ1) is 20.1. The summed E-state index contributed by atoms with van der Waals surface area (Å²) in [7, 11) is 0. The minimum Gasteiger partial charge on any atom is -0.494 e. The number of carbonyl (C=O) groups is 1. The fourth-order valence-electron chi connectivity index (χ4n) is 2.67. The minimum atomic E-state index is -0.340. The van der Waals surface area contributed by atoms with E-state index in [0.29, 0.717) is 30.5 Å². The third-order valence-electron chi connectivity index (χ3n) is 3.94. The molecular formula is C22H24N4O3. The van der Waals surface area contributed by atoms with E-state index >= 15 is 0 Å². The van der Waals surface area contributed by atoms with Gasteiger partial charge < -0.3 is 20.1 Å². The van der Waals surface area contributed by atoms with Crippen LogP contribution in [0, 0.1) is 6.92 Å². The number of aromatic nitrogens is 2. The van der Waals surface area contributed by atoms with Crippen molar-refractivity contribution in [3.05, 3.63) is 65.9 Å². The number of rotatable bonds is 8. The highest BCUT2D eigenvalue weighted by molar-refractivity contribution is 5.89. The molecular weight excluding hydrogens is 368 g/mol. The molecule has 2 aromatic carbocycles. The maximum Gasteiger partial charge on any atom is 0.338 e. The van der Waals surface area contributed by atoms with Gasteiger partial charge in [0.25, 0.3) is 0 Å². The second-order valence-corrected chi connectivity index (χ2v) is 6.22. The van der Waals surface area contributed by atoms with Crippen LogP contribution in [-0.2, 0) is 4.74 Å². The smallest absolute Gasteiger partial charge is 0.338 e. The standard InChI is InChI=1S/C22H24N4O3/c1-4-28-19-12-10-17(11-13-19)24-20-14-15(3)23-22(26-20)25-18-8-6-16(7-9-18)21(27)29-5-2/h6-14H,4-5H2,1-3H3,(H2,23,24,25,26). The van der Waals surface area contributed by atoms with Crippen LogP contribution >= 0.6 is 0 Å². The summed E-state index contributed by atoms with van der Waals surface area (Å²) in [4.78, 5) is 20.7. The predicted molar refractivity (Wildman–Crippen MR) is 113 cm³/mol. The van der Waals surface area contributed by atoms with Gasteiger partial charge in [0.05, 0.1) is 18.8 Å². The molecule has 29 heavy (non-hydrogen) atoms. The van der Waals surface area contributed by atoms with Crippen LogP contribution in [0.5, 0.6) is 5.75 Å². The first-order valence-corrected chi connectivity index (χ1v) is 9.47. The van der Waals surface area contributed by atoms with Gasteiger partial charge >= 0.3 is 5.97 Å². The van der Waals surface area contributed by atoms with Crippen molar-refractivity contribution in [2.75, 3.05) is 23.8 Å². The van der Waals surface area contributed by atoms with E-state index in [0.717, 1.165) is 22.8 Å². The zero-order valence-electron chi connectivity index (χ0n) is 16.7. The maximum absolute atomic E-state index is 11.8. The molecule has 0 aliphatic carbocycles. The zero-order valence-corrected chi connectivity index (χ0v) is 16.7. The summed E-state index contributed by atoms with van der Waals surface area (Å²) in [6.45, 7) is 6.62. The molecule has 0 fully saturated rings. The Bertz CT molecular complexity index is 957. The molecule has 3 aromatic rings. The Morgan fingerprint density at radius 3 is 2.21 bits per heavy atom. The quantitative estimate of drug-likeness (QED) is 0.530. The van der Waals surface area contributed by atoms with Crippen molar-refractivity contribution < 1.29 is 14.3 Å². The minimum absolute atomic E-state index is 0.340. The molecule has 3 rings (SSSR count). The Morgan fingerprint density at radius 1 is 0.897 bits per heavy atom. The SMILES string of the molecule is CCOC(=O)c1ccc(Nc2nc(C)cc(Nc3ccc(OCC)cc3)n2)cc1. The van der Waals surface area contributed by atoms with E-state index in [9.17, 15) is 4.79 Å². The van der Waals surface area contributed by atoms with E-state index in [4.69, 9.17) is 9.47 Å². The van der Waals surface area contributed by atoms with Gasteiger partial charge in [-0.3, -0.25) is 0 Å². The summed E-state index contributed by atoms with van der Waals surface area (Å²) in [5.74, 6) is 1.62. The number of nitrogens with zero attached hydrogens (tertiary/aromatic N) is 2. The maximum atomic E-state index is 11.8. The van der Waals surface area contributed by atoms with E-state index in [1.54, 1.807) is 31.2 Å². The Kier molecular flexibility index (Phi) is 6.63. The van der Waals surface area contributed by atoms with Gasteiger partial charge in [-0.2, -0.15) is 4.98 Å². The van der Waals surface area contributed by atoms with Crippen molar-refractivity contribution >= 4 is 29.1 Å². The first-order valence-electron chi connectivity index (χ1n) is 9.47. The highest BCUT2D eigenvalue weighted by atomic mass is 16.5. The van der Waals surface area contributed by atoms with Crippen molar-refractivity contribution in [3.8, 4) is 5.75 Å². The average molecular weight is 392 g/mol. The van der Waals surface area contributed by atoms with Crippen LogP contribution in [0.15, 0.2) is 54.6 Å². The molecule has 0 aliphatic rings. The monoisotopic (exact) mass is 392 g/mol. The Hall–Kier alpha value is -3.61. The number of anilines is 4. The number of aryl methyl sites for hydroxylation is 1. The highest BCUT2D eigenvalue weighted by Gasteiger charge is 2.07. The largest absolute Gasteiger partial charge is 0.494 e. The first-order chi connectivity index (χ1) is 14.1. The van der Waals surface area contributed by atoms with E-state index < -0.39 is 0 Å². The van der Waals surface area contributed by atoms with Gasteiger partial charge in [-0.05, 0) is 69.3 Å². The Labute approximate surface area is 170 Å². The van der Waals surface area contributed by atoms with E-state index in [2.05, 4.69) is 20.6 Å². The van der Waals surface area contributed by atoms with Crippen LogP contribution in [0.3, 0.4) is 0 Å². The van der Waals surface area contributed by atoms with E-state index in [1.807, 2.05) is 44.2 Å². The molecule has 0 aliphatic heterocycles. The number of ether oxygens (including phenoxy) is 2. The van der Waals surface area contributed by atoms with Crippen molar-refractivity contribution in [1.82, 2.24) is 9.97 Å². The molecule has 1 heterocycles. The third-order valence-corrected chi connectivity index (χ3v) is 3.94. The molecule has 0 unspecified atom stereocenters. The van der Waals surface area contributed by atoms with Crippen LogP contribution in [0.2, 0.25) is 0 Å². The number of hydrogen-bond acceptors (Lipinski definition) is 7. The molecule has 150 valence electrons. The summed E-state index contributed by atoms with van der Waals surface area (Å²) in [5.41, 5.74) is 2.99. The fourth-order valence-corrected chi connectivity index (χ4v) is 2.67. The van der Waals surface area contributed by atoms with Crippen LogP contribution in [0.4, 0.5) is 23.1 Å². The zero-order chi connectivity index (χ0) is 20.6. The second kappa shape index (κ2) is 9.54. The van der Waals surface area contributed by atoms with Crippen LogP contribution in [-0.4, -0.2) is 29.2 Å². The molecule has 0 saturated heterocycles. The Balaban J connectivity index is 1.71. The topological polar surface area (TPSA) is 85.4 Å². The summed E-state index contributed by atoms with van der Waals surface area (Å²) in [5, 5.41) is 6.43. The van der Waals surface area contributed by atoms with Crippen molar-refractivity contribution in [1.29, 1.82) is 0 Å². The Morgan fingerprint density at radius 2 is 1.55 bits per heavy atom. The van der Waals surface area contributed by atoms with E-state index in [-0.39, 0.29) is 5.97 Å². The molecule has 0 radical (unpaired) electrons.